The van der Waals surface area contributed by atoms with E-state index in [1.54, 1.807) is 10.6 Å². The van der Waals surface area contributed by atoms with Crippen LogP contribution in [0.25, 0.3) is 10.9 Å². The summed E-state index contributed by atoms with van der Waals surface area (Å²) >= 11 is 6.30. The molecule has 0 bridgehead atoms. The van der Waals surface area contributed by atoms with Gasteiger partial charge < -0.3 is 0 Å². The maximum absolute atomic E-state index is 13.3. The first kappa shape index (κ1) is 18.8. The second kappa shape index (κ2) is 7.85. The Labute approximate surface area is 171 Å². The van der Waals surface area contributed by atoms with Gasteiger partial charge in [0.25, 0.3) is 11.2 Å². The SMILES string of the molecule is O=c1c2cc([N+](=O)[O-])ccc2nc(Cc2ccccc2)n1Cc1ccccc1Cl. The van der Waals surface area contributed by atoms with Gasteiger partial charge >= 0.3 is 0 Å². The van der Waals surface area contributed by atoms with E-state index in [1.807, 2.05) is 48.5 Å². The minimum Gasteiger partial charge on any atom is -0.291 e. The van der Waals surface area contributed by atoms with Crippen LogP contribution in [0.15, 0.2) is 77.6 Å². The Balaban J connectivity index is 1.91. The third kappa shape index (κ3) is 3.88. The highest BCUT2D eigenvalue weighted by molar-refractivity contribution is 6.31. The van der Waals surface area contributed by atoms with E-state index in [0.29, 0.717) is 22.8 Å². The molecule has 0 amide bonds. The lowest BCUT2D eigenvalue weighted by atomic mass is 10.1. The average molecular weight is 406 g/mol. The maximum atomic E-state index is 13.3. The van der Waals surface area contributed by atoms with Gasteiger partial charge in [-0.1, -0.05) is 60.1 Å². The summed E-state index contributed by atoms with van der Waals surface area (Å²) in [5.41, 5.74) is 1.74. The predicted molar refractivity (Wildman–Crippen MR) is 112 cm³/mol. The molecule has 0 fully saturated rings. The highest BCUT2D eigenvalue weighted by Crippen LogP contribution is 2.21. The number of nitrogens with zero attached hydrogens (tertiary/aromatic N) is 3. The lowest BCUT2D eigenvalue weighted by Crippen LogP contribution is -2.26. The third-order valence-corrected chi connectivity index (χ3v) is 5.09. The molecule has 3 aromatic carbocycles. The van der Waals surface area contributed by atoms with Crippen molar-refractivity contribution < 1.29 is 4.92 Å². The zero-order valence-corrected chi connectivity index (χ0v) is 16.0. The average Bonchev–Trinajstić information content (AvgIpc) is 2.72. The number of nitro benzene ring substituents is 1. The first-order valence-corrected chi connectivity index (χ1v) is 9.36. The van der Waals surface area contributed by atoms with E-state index in [2.05, 4.69) is 4.98 Å². The molecule has 0 saturated carbocycles. The Morgan fingerprint density at radius 3 is 2.45 bits per heavy atom. The molecule has 0 aliphatic heterocycles. The van der Waals surface area contributed by atoms with Crippen molar-refractivity contribution in [1.82, 2.24) is 9.55 Å². The molecule has 0 aliphatic carbocycles. The lowest BCUT2D eigenvalue weighted by molar-refractivity contribution is -0.384. The molecular weight excluding hydrogens is 390 g/mol. The zero-order chi connectivity index (χ0) is 20.4. The van der Waals surface area contributed by atoms with E-state index in [4.69, 9.17) is 11.6 Å². The van der Waals surface area contributed by atoms with Crippen LogP contribution in [0.3, 0.4) is 0 Å². The number of nitro groups is 1. The first-order valence-electron chi connectivity index (χ1n) is 8.98. The summed E-state index contributed by atoms with van der Waals surface area (Å²) in [7, 11) is 0. The third-order valence-electron chi connectivity index (χ3n) is 4.72. The summed E-state index contributed by atoms with van der Waals surface area (Å²) in [4.78, 5) is 28.6. The van der Waals surface area contributed by atoms with Gasteiger partial charge in [-0.25, -0.2) is 4.98 Å². The molecule has 1 aromatic heterocycles. The number of aromatic nitrogens is 2. The van der Waals surface area contributed by atoms with Crippen LogP contribution in [-0.4, -0.2) is 14.5 Å². The Hall–Kier alpha value is -3.51. The molecular formula is C22H16ClN3O3. The zero-order valence-electron chi connectivity index (χ0n) is 15.3. The largest absolute Gasteiger partial charge is 0.291 e. The quantitative estimate of drug-likeness (QED) is 0.359. The maximum Gasteiger partial charge on any atom is 0.270 e. The molecule has 0 saturated heterocycles. The molecule has 0 atom stereocenters. The highest BCUT2D eigenvalue weighted by atomic mass is 35.5. The molecule has 4 aromatic rings. The van der Waals surface area contributed by atoms with Crippen molar-refractivity contribution in [2.24, 2.45) is 0 Å². The minimum absolute atomic E-state index is 0.142. The molecule has 4 rings (SSSR count). The van der Waals surface area contributed by atoms with Crippen LogP contribution in [0, 0.1) is 10.1 Å². The Morgan fingerprint density at radius 2 is 1.72 bits per heavy atom. The van der Waals surface area contributed by atoms with Gasteiger partial charge in [-0.2, -0.15) is 0 Å². The van der Waals surface area contributed by atoms with Gasteiger partial charge in [0.05, 0.1) is 22.4 Å². The monoisotopic (exact) mass is 405 g/mol. The fourth-order valence-corrected chi connectivity index (χ4v) is 3.44. The normalized spacial score (nSPS) is 10.9. The summed E-state index contributed by atoms with van der Waals surface area (Å²) < 4.78 is 1.54. The summed E-state index contributed by atoms with van der Waals surface area (Å²) in [6.07, 6.45) is 0.452. The van der Waals surface area contributed by atoms with Crippen LogP contribution in [0.4, 0.5) is 5.69 Å². The lowest BCUT2D eigenvalue weighted by Gasteiger charge is -2.14. The van der Waals surface area contributed by atoms with Gasteiger partial charge in [0, 0.05) is 23.6 Å². The molecule has 0 aliphatic rings. The van der Waals surface area contributed by atoms with Crippen molar-refractivity contribution in [3.05, 3.63) is 115 Å². The van der Waals surface area contributed by atoms with Crippen molar-refractivity contribution in [2.45, 2.75) is 13.0 Å². The number of fused-ring (bicyclic) bond motifs is 1. The van der Waals surface area contributed by atoms with Gasteiger partial charge in [-0.3, -0.25) is 19.5 Å². The van der Waals surface area contributed by atoms with E-state index < -0.39 is 4.92 Å². The van der Waals surface area contributed by atoms with Crippen molar-refractivity contribution in [3.63, 3.8) is 0 Å². The summed E-state index contributed by atoms with van der Waals surface area (Å²) in [6.45, 7) is 0.228. The van der Waals surface area contributed by atoms with E-state index >= 15 is 0 Å². The van der Waals surface area contributed by atoms with E-state index in [-0.39, 0.29) is 23.2 Å². The van der Waals surface area contributed by atoms with E-state index in [9.17, 15) is 14.9 Å². The molecule has 0 N–H and O–H groups in total. The van der Waals surface area contributed by atoms with Crippen molar-refractivity contribution in [3.8, 4) is 0 Å². The van der Waals surface area contributed by atoms with Crippen LogP contribution >= 0.6 is 11.6 Å². The molecule has 0 radical (unpaired) electrons. The van der Waals surface area contributed by atoms with Crippen LogP contribution < -0.4 is 5.56 Å². The summed E-state index contributed by atoms with van der Waals surface area (Å²) in [5.74, 6) is 0.572. The number of halogens is 1. The molecule has 0 unspecified atom stereocenters. The van der Waals surface area contributed by atoms with Gasteiger partial charge in [-0.05, 0) is 23.3 Å². The molecule has 29 heavy (non-hydrogen) atoms. The fraction of sp³-hybridized carbons (Fsp3) is 0.0909. The molecule has 7 heteroatoms. The van der Waals surface area contributed by atoms with Gasteiger partial charge in [0.15, 0.2) is 0 Å². The van der Waals surface area contributed by atoms with Gasteiger partial charge in [-0.15, -0.1) is 0 Å². The summed E-state index contributed by atoms with van der Waals surface area (Å²) in [6, 6.07) is 21.1. The molecule has 1 heterocycles. The van der Waals surface area contributed by atoms with E-state index in [0.717, 1.165) is 11.1 Å². The van der Waals surface area contributed by atoms with E-state index in [1.165, 1.54) is 18.2 Å². The van der Waals surface area contributed by atoms with Gasteiger partial charge in [0.2, 0.25) is 0 Å². The highest BCUT2D eigenvalue weighted by Gasteiger charge is 2.16. The number of non-ortho nitro benzene ring substituents is 1. The Morgan fingerprint density at radius 1 is 1.00 bits per heavy atom. The van der Waals surface area contributed by atoms with Crippen molar-refractivity contribution in [2.75, 3.05) is 0 Å². The smallest absolute Gasteiger partial charge is 0.270 e. The second-order valence-electron chi connectivity index (χ2n) is 6.63. The first-order chi connectivity index (χ1) is 14.0. The number of benzene rings is 3. The van der Waals surface area contributed by atoms with Crippen LogP contribution in [-0.2, 0) is 13.0 Å². The van der Waals surface area contributed by atoms with Crippen LogP contribution in [0.5, 0.6) is 0 Å². The predicted octanol–water partition coefficient (Wildman–Crippen LogP) is 4.60. The standard InChI is InChI=1S/C22H16ClN3O3/c23-19-9-5-4-8-16(19)14-25-21(12-15-6-2-1-3-7-15)24-20-11-10-17(26(28)29)13-18(20)22(25)27/h1-11,13H,12,14H2. The minimum atomic E-state index is -0.519. The van der Waals surface area contributed by atoms with Crippen molar-refractivity contribution in [1.29, 1.82) is 0 Å². The van der Waals surface area contributed by atoms with Gasteiger partial charge in [0.1, 0.15) is 5.82 Å². The number of hydrogen-bond acceptors (Lipinski definition) is 4. The summed E-state index contributed by atoms with van der Waals surface area (Å²) in [5, 5.41) is 11.9. The topological polar surface area (TPSA) is 78.0 Å². The van der Waals surface area contributed by atoms with Crippen LogP contribution in [0.2, 0.25) is 5.02 Å². The van der Waals surface area contributed by atoms with Crippen molar-refractivity contribution >= 4 is 28.2 Å². The number of hydrogen-bond donors (Lipinski definition) is 0. The Kier molecular flexibility index (Phi) is 5.10. The molecule has 0 spiro atoms. The fourth-order valence-electron chi connectivity index (χ4n) is 3.24. The second-order valence-corrected chi connectivity index (χ2v) is 7.04. The van der Waals surface area contributed by atoms with Crippen LogP contribution in [0.1, 0.15) is 17.0 Å². The Bertz CT molecular complexity index is 1270. The molecule has 6 nitrogen and oxygen atoms in total. The molecule has 144 valence electrons. The number of rotatable bonds is 5.